The Labute approximate surface area is 138 Å². The van der Waals surface area contributed by atoms with Gasteiger partial charge in [0.15, 0.2) is 0 Å². The predicted octanol–water partition coefficient (Wildman–Crippen LogP) is 3.40. The van der Waals surface area contributed by atoms with Crippen molar-refractivity contribution in [3.8, 4) is 5.88 Å². The van der Waals surface area contributed by atoms with E-state index in [1.807, 2.05) is 0 Å². The first kappa shape index (κ1) is 16.7. The molecule has 0 radical (unpaired) electrons. The average molecular weight is 337 g/mol. The van der Waals surface area contributed by atoms with Crippen LogP contribution in [0.15, 0.2) is 42.9 Å². The van der Waals surface area contributed by atoms with Crippen LogP contribution in [0.25, 0.3) is 0 Å². The van der Waals surface area contributed by atoms with E-state index < -0.39 is 11.7 Å². The first-order valence-corrected chi connectivity index (χ1v) is 7.78. The number of rotatable bonds is 5. The Morgan fingerprint density at radius 2 is 1.96 bits per heavy atom. The standard InChI is InChI=1S/C17H18F3N3O/c18-17(19,20)15-3-1-13(2-4-15)10-23-8-5-14(11-23)12-24-16-9-21-6-7-22-16/h1-4,6-7,9,14H,5,8,10-12H2. The van der Waals surface area contributed by atoms with Crippen molar-refractivity contribution in [1.82, 2.24) is 14.9 Å². The van der Waals surface area contributed by atoms with Crippen LogP contribution in [-0.4, -0.2) is 34.6 Å². The summed E-state index contributed by atoms with van der Waals surface area (Å²) in [7, 11) is 0. The van der Waals surface area contributed by atoms with Gasteiger partial charge in [0.25, 0.3) is 0 Å². The monoisotopic (exact) mass is 337 g/mol. The largest absolute Gasteiger partial charge is 0.476 e. The Balaban J connectivity index is 1.47. The molecule has 2 heterocycles. The van der Waals surface area contributed by atoms with Gasteiger partial charge in [-0.3, -0.25) is 9.88 Å². The van der Waals surface area contributed by atoms with Gasteiger partial charge in [-0.15, -0.1) is 0 Å². The summed E-state index contributed by atoms with van der Waals surface area (Å²) in [6.45, 7) is 3.00. The van der Waals surface area contributed by atoms with Crippen LogP contribution in [0.4, 0.5) is 13.2 Å². The number of halogens is 3. The maximum atomic E-state index is 12.6. The highest BCUT2D eigenvalue weighted by atomic mass is 19.4. The van der Waals surface area contributed by atoms with E-state index in [9.17, 15) is 13.2 Å². The van der Waals surface area contributed by atoms with E-state index in [-0.39, 0.29) is 0 Å². The molecule has 1 aliphatic rings. The summed E-state index contributed by atoms with van der Waals surface area (Å²) in [4.78, 5) is 10.2. The van der Waals surface area contributed by atoms with Gasteiger partial charge in [-0.1, -0.05) is 12.1 Å². The molecule has 1 aromatic heterocycles. The van der Waals surface area contributed by atoms with Gasteiger partial charge >= 0.3 is 6.18 Å². The lowest BCUT2D eigenvalue weighted by Gasteiger charge is -2.17. The van der Waals surface area contributed by atoms with Crippen molar-refractivity contribution in [2.24, 2.45) is 5.92 Å². The van der Waals surface area contributed by atoms with E-state index in [2.05, 4.69) is 14.9 Å². The maximum absolute atomic E-state index is 12.6. The Kier molecular flexibility index (Phi) is 4.99. The molecule has 4 nitrogen and oxygen atoms in total. The molecule has 1 saturated heterocycles. The smallest absolute Gasteiger partial charge is 0.416 e. The van der Waals surface area contributed by atoms with Crippen LogP contribution in [0.3, 0.4) is 0 Å². The summed E-state index contributed by atoms with van der Waals surface area (Å²) in [6, 6.07) is 5.37. The molecule has 0 saturated carbocycles. The third-order valence-corrected chi connectivity index (χ3v) is 4.06. The van der Waals surface area contributed by atoms with Crippen LogP contribution >= 0.6 is 0 Å². The normalized spacial score (nSPS) is 18.7. The van der Waals surface area contributed by atoms with Crippen LogP contribution in [-0.2, 0) is 12.7 Å². The first-order chi connectivity index (χ1) is 11.5. The zero-order valence-electron chi connectivity index (χ0n) is 13.0. The van der Waals surface area contributed by atoms with Crippen molar-refractivity contribution >= 4 is 0 Å². The minimum Gasteiger partial charge on any atom is -0.476 e. The average Bonchev–Trinajstić information content (AvgIpc) is 3.01. The summed E-state index contributed by atoms with van der Waals surface area (Å²) in [5.41, 5.74) is 0.279. The number of nitrogens with zero attached hydrogens (tertiary/aromatic N) is 3. The molecule has 7 heteroatoms. The summed E-state index contributed by atoms with van der Waals surface area (Å²) >= 11 is 0. The van der Waals surface area contributed by atoms with Crippen molar-refractivity contribution in [3.05, 3.63) is 54.0 Å². The zero-order chi connectivity index (χ0) is 17.0. The van der Waals surface area contributed by atoms with Crippen molar-refractivity contribution in [1.29, 1.82) is 0 Å². The summed E-state index contributed by atoms with van der Waals surface area (Å²) < 4.78 is 43.3. The lowest BCUT2D eigenvalue weighted by molar-refractivity contribution is -0.137. The van der Waals surface area contributed by atoms with Crippen LogP contribution in [0.1, 0.15) is 17.5 Å². The van der Waals surface area contributed by atoms with Gasteiger partial charge < -0.3 is 4.74 Å². The highest BCUT2D eigenvalue weighted by Crippen LogP contribution is 2.29. The number of ether oxygens (including phenoxy) is 1. The quantitative estimate of drug-likeness (QED) is 0.838. The number of aromatic nitrogens is 2. The van der Waals surface area contributed by atoms with E-state index >= 15 is 0 Å². The van der Waals surface area contributed by atoms with E-state index in [4.69, 9.17) is 4.74 Å². The Morgan fingerprint density at radius 3 is 2.62 bits per heavy atom. The molecule has 1 aliphatic heterocycles. The number of hydrogen-bond donors (Lipinski definition) is 0. The molecule has 0 bridgehead atoms. The Hall–Kier alpha value is -2.15. The molecule has 1 fully saturated rings. The number of alkyl halides is 3. The molecular formula is C17H18F3N3O. The fourth-order valence-electron chi connectivity index (χ4n) is 2.81. The van der Waals surface area contributed by atoms with Gasteiger partial charge in [-0.25, -0.2) is 4.98 Å². The fraction of sp³-hybridized carbons (Fsp3) is 0.412. The molecule has 1 unspecified atom stereocenters. The van der Waals surface area contributed by atoms with E-state index in [1.165, 1.54) is 0 Å². The van der Waals surface area contributed by atoms with Crippen LogP contribution in [0.5, 0.6) is 5.88 Å². The zero-order valence-corrected chi connectivity index (χ0v) is 13.0. The molecule has 0 N–H and O–H groups in total. The molecule has 2 aromatic rings. The van der Waals surface area contributed by atoms with Crippen LogP contribution < -0.4 is 4.74 Å². The maximum Gasteiger partial charge on any atom is 0.416 e. The fourth-order valence-corrected chi connectivity index (χ4v) is 2.81. The van der Waals surface area contributed by atoms with Crippen molar-refractivity contribution in [3.63, 3.8) is 0 Å². The second-order valence-corrected chi connectivity index (χ2v) is 5.94. The molecule has 0 aliphatic carbocycles. The van der Waals surface area contributed by atoms with E-state index in [1.54, 1.807) is 30.7 Å². The first-order valence-electron chi connectivity index (χ1n) is 7.78. The third kappa shape index (κ3) is 4.44. The van der Waals surface area contributed by atoms with Crippen molar-refractivity contribution in [2.75, 3.05) is 19.7 Å². The number of benzene rings is 1. The van der Waals surface area contributed by atoms with Crippen LogP contribution in [0, 0.1) is 5.92 Å². The highest BCUT2D eigenvalue weighted by Gasteiger charge is 2.30. The Morgan fingerprint density at radius 1 is 1.17 bits per heavy atom. The lowest BCUT2D eigenvalue weighted by Crippen LogP contribution is -2.22. The summed E-state index contributed by atoms with van der Waals surface area (Å²) in [5, 5.41) is 0. The topological polar surface area (TPSA) is 38.2 Å². The second-order valence-electron chi connectivity index (χ2n) is 5.94. The van der Waals surface area contributed by atoms with E-state index in [0.717, 1.165) is 37.2 Å². The lowest BCUT2D eigenvalue weighted by atomic mass is 10.1. The summed E-state index contributed by atoms with van der Waals surface area (Å²) in [5.74, 6) is 0.903. The molecule has 0 spiro atoms. The van der Waals surface area contributed by atoms with Gasteiger partial charge in [0.1, 0.15) is 0 Å². The molecule has 128 valence electrons. The molecule has 3 rings (SSSR count). The number of likely N-dealkylation sites (tertiary alicyclic amines) is 1. The van der Waals surface area contributed by atoms with Gasteiger partial charge in [-0.05, 0) is 30.7 Å². The minimum atomic E-state index is -4.28. The summed E-state index contributed by atoms with van der Waals surface area (Å²) in [6.07, 6.45) is 1.47. The van der Waals surface area contributed by atoms with Crippen molar-refractivity contribution < 1.29 is 17.9 Å². The van der Waals surface area contributed by atoms with Gasteiger partial charge in [-0.2, -0.15) is 13.2 Å². The third-order valence-electron chi connectivity index (χ3n) is 4.06. The molecule has 1 aromatic carbocycles. The second kappa shape index (κ2) is 7.17. The SMILES string of the molecule is FC(F)(F)c1ccc(CN2CCC(COc3cnccn3)C2)cc1. The van der Waals surface area contributed by atoms with Gasteiger partial charge in [0.2, 0.25) is 5.88 Å². The van der Waals surface area contributed by atoms with Gasteiger partial charge in [0, 0.05) is 31.4 Å². The highest BCUT2D eigenvalue weighted by molar-refractivity contribution is 5.24. The molecular weight excluding hydrogens is 319 g/mol. The molecule has 1 atom stereocenters. The Bertz CT molecular complexity index is 646. The van der Waals surface area contributed by atoms with E-state index in [0.29, 0.717) is 24.9 Å². The van der Waals surface area contributed by atoms with Gasteiger partial charge in [0.05, 0.1) is 18.4 Å². The molecule has 0 amide bonds. The predicted molar refractivity (Wildman–Crippen MR) is 82.4 cm³/mol. The van der Waals surface area contributed by atoms with Crippen molar-refractivity contribution in [2.45, 2.75) is 19.1 Å². The minimum absolute atomic E-state index is 0.390. The number of hydrogen-bond acceptors (Lipinski definition) is 4. The molecule has 24 heavy (non-hydrogen) atoms. The van der Waals surface area contributed by atoms with Crippen LogP contribution in [0.2, 0.25) is 0 Å².